The Labute approximate surface area is 116 Å². The third-order valence-corrected chi connectivity index (χ3v) is 3.27. The summed E-state index contributed by atoms with van der Waals surface area (Å²) in [5.41, 5.74) is 0.945. The molecule has 1 heterocycles. The van der Waals surface area contributed by atoms with Gasteiger partial charge in [0.15, 0.2) is 0 Å². The number of nitrogens with one attached hydrogen (secondary N) is 3. The van der Waals surface area contributed by atoms with E-state index in [0.717, 1.165) is 5.56 Å². The van der Waals surface area contributed by atoms with Crippen LogP contribution in [0.4, 0.5) is 0 Å². The van der Waals surface area contributed by atoms with Crippen LogP contribution >= 0.6 is 11.6 Å². The van der Waals surface area contributed by atoms with Gasteiger partial charge in [-0.3, -0.25) is 14.9 Å². The molecular weight excluding hydrogens is 266 g/mol. The molecule has 1 aliphatic rings. The zero-order valence-electron chi connectivity index (χ0n) is 10.6. The highest BCUT2D eigenvalue weighted by atomic mass is 35.5. The van der Waals surface area contributed by atoms with Gasteiger partial charge >= 0.3 is 0 Å². The Hall–Kier alpha value is -1.59. The number of amides is 2. The third-order valence-electron chi connectivity index (χ3n) is 3.04. The van der Waals surface area contributed by atoms with Crippen LogP contribution in [0.25, 0.3) is 0 Å². The molecule has 0 aromatic heterocycles. The van der Waals surface area contributed by atoms with Crippen molar-refractivity contribution in [2.75, 3.05) is 13.1 Å². The van der Waals surface area contributed by atoms with Crippen molar-refractivity contribution in [2.45, 2.75) is 19.0 Å². The Bertz CT molecular complexity index is 483. The maximum atomic E-state index is 12.0. The lowest BCUT2D eigenvalue weighted by molar-refractivity contribution is -0.127. The third kappa shape index (κ3) is 3.68. The van der Waals surface area contributed by atoms with Gasteiger partial charge in [0, 0.05) is 11.6 Å². The molecule has 102 valence electrons. The average molecular weight is 282 g/mol. The molecule has 0 aliphatic carbocycles. The van der Waals surface area contributed by atoms with Crippen LogP contribution in [0.3, 0.4) is 0 Å². The van der Waals surface area contributed by atoms with Crippen LogP contribution in [0.5, 0.6) is 0 Å². The van der Waals surface area contributed by atoms with Gasteiger partial charge in [0.05, 0.1) is 12.6 Å². The zero-order valence-corrected chi connectivity index (χ0v) is 11.3. The second-order valence-electron chi connectivity index (χ2n) is 4.52. The van der Waals surface area contributed by atoms with Crippen molar-refractivity contribution in [1.82, 2.24) is 16.0 Å². The van der Waals surface area contributed by atoms with Gasteiger partial charge in [-0.1, -0.05) is 23.7 Å². The first kappa shape index (κ1) is 13.8. The van der Waals surface area contributed by atoms with Crippen LogP contribution in [0.1, 0.15) is 18.5 Å². The molecular formula is C13H16ClN3O2. The lowest BCUT2D eigenvalue weighted by Crippen LogP contribution is -2.58. The SMILES string of the molecule is C[C@H](NC(=O)C1CNC(=O)CN1)c1cccc(Cl)c1. The summed E-state index contributed by atoms with van der Waals surface area (Å²) in [6, 6.07) is 6.84. The van der Waals surface area contributed by atoms with Crippen LogP contribution in [0.15, 0.2) is 24.3 Å². The highest BCUT2D eigenvalue weighted by molar-refractivity contribution is 6.30. The molecule has 1 aromatic carbocycles. The summed E-state index contributed by atoms with van der Waals surface area (Å²) in [5.74, 6) is -0.223. The quantitative estimate of drug-likeness (QED) is 0.760. The molecule has 2 atom stereocenters. The maximum absolute atomic E-state index is 12.0. The van der Waals surface area contributed by atoms with E-state index >= 15 is 0 Å². The van der Waals surface area contributed by atoms with Crippen LogP contribution in [-0.4, -0.2) is 30.9 Å². The molecule has 1 aromatic rings. The summed E-state index contributed by atoms with van der Waals surface area (Å²) in [7, 11) is 0. The van der Waals surface area contributed by atoms with E-state index in [4.69, 9.17) is 11.6 Å². The van der Waals surface area contributed by atoms with E-state index in [0.29, 0.717) is 11.6 Å². The lowest BCUT2D eigenvalue weighted by atomic mass is 10.1. The molecule has 1 saturated heterocycles. The molecule has 0 bridgehead atoms. The molecule has 2 rings (SSSR count). The van der Waals surface area contributed by atoms with Gasteiger partial charge in [-0.25, -0.2) is 0 Å². The van der Waals surface area contributed by atoms with Gasteiger partial charge in [0.1, 0.15) is 6.04 Å². The van der Waals surface area contributed by atoms with Crippen LogP contribution in [0, 0.1) is 0 Å². The smallest absolute Gasteiger partial charge is 0.239 e. The number of piperazine rings is 1. The van der Waals surface area contributed by atoms with Crippen molar-refractivity contribution < 1.29 is 9.59 Å². The van der Waals surface area contributed by atoms with Crippen molar-refractivity contribution in [3.8, 4) is 0 Å². The van der Waals surface area contributed by atoms with E-state index in [2.05, 4.69) is 16.0 Å². The Morgan fingerprint density at radius 1 is 1.53 bits per heavy atom. The van der Waals surface area contributed by atoms with Gasteiger partial charge in [0.2, 0.25) is 11.8 Å². The van der Waals surface area contributed by atoms with E-state index in [1.807, 2.05) is 25.1 Å². The number of rotatable bonds is 3. The number of halogens is 1. The molecule has 3 N–H and O–H groups in total. The molecule has 2 amide bonds. The van der Waals surface area contributed by atoms with Gasteiger partial charge in [0.25, 0.3) is 0 Å². The van der Waals surface area contributed by atoms with Crippen LogP contribution < -0.4 is 16.0 Å². The minimum absolute atomic E-state index is 0.0908. The lowest BCUT2D eigenvalue weighted by Gasteiger charge is -2.25. The van der Waals surface area contributed by atoms with E-state index in [-0.39, 0.29) is 30.4 Å². The summed E-state index contributed by atoms with van der Waals surface area (Å²) >= 11 is 5.92. The zero-order chi connectivity index (χ0) is 13.8. The fourth-order valence-electron chi connectivity index (χ4n) is 1.93. The first-order valence-corrected chi connectivity index (χ1v) is 6.50. The standard InChI is InChI=1S/C13H16ClN3O2/c1-8(9-3-2-4-10(14)5-9)17-13(19)11-6-16-12(18)7-15-11/h2-5,8,11,15H,6-7H2,1H3,(H,16,18)(H,17,19)/t8-,11?/m0/s1. The topological polar surface area (TPSA) is 70.2 Å². The monoisotopic (exact) mass is 281 g/mol. The van der Waals surface area contributed by atoms with Crippen LogP contribution in [0.2, 0.25) is 5.02 Å². The van der Waals surface area contributed by atoms with Crippen molar-refractivity contribution in [3.05, 3.63) is 34.9 Å². The van der Waals surface area contributed by atoms with E-state index in [9.17, 15) is 9.59 Å². The van der Waals surface area contributed by atoms with Crippen molar-refractivity contribution in [3.63, 3.8) is 0 Å². The predicted octanol–water partition coefficient (Wildman–Crippen LogP) is 0.605. The van der Waals surface area contributed by atoms with Crippen molar-refractivity contribution in [2.24, 2.45) is 0 Å². The second-order valence-corrected chi connectivity index (χ2v) is 4.96. The van der Waals surface area contributed by atoms with E-state index in [1.54, 1.807) is 6.07 Å². The number of carbonyl (C=O) groups excluding carboxylic acids is 2. The number of hydrogen-bond acceptors (Lipinski definition) is 3. The molecule has 0 spiro atoms. The molecule has 0 saturated carbocycles. The summed E-state index contributed by atoms with van der Waals surface area (Å²) < 4.78 is 0. The summed E-state index contributed by atoms with van der Waals surface area (Å²) in [4.78, 5) is 23.0. The summed E-state index contributed by atoms with van der Waals surface area (Å²) in [6.45, 7) is 2.38. The first-order valence-electron chi connectivity index (χ1n) is 6.12. The van der Waals surface area contributed by atoms with Gasteiger partial charge in [-0.15, -0.1) is 0 Å². The highest BCUT2D eigenvalue weighted by Gasteiger charge is 2.24. The van der Waals surface area contributed by atoms with E-state index < -0.39 is 0 Å². The molecule has 1 fully saturated rings. The Morgan fingerprint density at radius 2 is 2.32 bits per heavy atom. The van der Waals surface area contributed by atoms with Crippen LogP contribution in [-0.2, 0) is 9.59 Å². The summed E-state index contributed by atoms with van der Waals surface area (Å²) in [5, 5.41) is 9.08. The Kier molecular flexibility index (Phi) is 4.39. The molecule has 6 heteroatoms. The largest absolute Gasteiger partial charge is 0.353 e. The van der Waals surface area contributed by atoms with E-state index in [1.165, 1.54) is 0 Å². The Morgan fingerprint density at radius 3 is 2.95 bits per heavy atom. The minimum atomic E-state index is -0.390. The van der Waals surface area contributed by atoms with Gasteiger partial charge < -0.3 is 10.6 Å². The Balaban J connectivity index is 1.93. The number of benzene rings is 1. The molecule has 19 heavy (non-hydrogen) atoms. The molecule has 5 nitrogen and oxygen atoms in total. The predicted molar refractivity (Wildman–Crippen MR) is 72.8 cm³/mol. The fourth-order valence-corrected chi connectivity index (χ4v) is 2.12. The number of hydrogen-bond donors (Lipinski definition) is 3. The molecule has 0 radical (unpaired) electrons. The van der Waals surface area contributed by atoms with Crippen molar-refractivity contribution in [1.29, 1.82) is 0 Å². The molecule has 1 aliphatic heterocycles. The van der Waals surface area contributed by atoms with Gasteiger partial charge in [-0.2, -0.15) is 0 Å². The maximum Gasteiger partial charge on any atom is 0.239 e. The molecule has 1 unspecified atom stereocenters. The number of carbonyl (C=O) groups is 2. The minimum Gasteiger partial charge on any atom is -0.353 e. The fraction of sp³-hybridized carbons (Fsp3) is 0.385. The van der Waals surface area contributed by atoms with Crippen molar-refractivity contribution >= 4 is 23.4 Å². The second kappa shape index (κ2) is 6.04. The first-order chi connectivity index (χ1) is 9.06. The highest BCUT2D eigenvalue weighted by Crippen LogP contribution is 2.17. The summed E-state index contributed by atoms with van der Waals surface area (Å²) in [6.07, 6.45) is 0. The average Bonchev–Trinajstić information content (AvgIpc) is 2.39. The normalized spacial score (nSPS) is 20.5. The van der Waals surface area contributed by atoms with Gasteiger partial charge in [-0.05, 0) is 24.6 Å².